The van der Waals surface area contributed by atoms with Crippen LogP contribution < -0.4 is 10.6 Å². The van der Waals surface area contributed by atoms with Crippen LogP contribution in [-0.2, 0) is 0 Å². The van der Waals surface area contributed by atoms with Crippen LogP contribution in [0.1, 0.15) is 27.2 Å². The summed E-state index contributed by atoms with van der Waals surface area (Å²) in [5, 5.41) is 6.98. The summed E-state index contributed by atoms with van der Waals surface area (Å²) in [6.45, 7) is 10.3. The van der Waals surface area contributed by atoms with Gasteiger partial charge in [-0.25, -0.2) is 0 Å². The third kappa shape index (κ3) is 3.11. The Labute approximate surface area is 76.1 Å². The summed E-state index contributed by atoms with van der Waals surface area (Å²) < 4.78 is 0. The highest BCUT2D eigenvalue weighted by molar-refractivity contribution is 4.81. The SMILES string of the molecule is CC(C)CNCC1CCNC1C. The quantitative estimate of drug-likeness (QED) is 0.663. The highest BCUT2D eigenvalue weighted by Crippen LogP contribution is 2.13. The van der Waals surface area contributed by atoms with Crippen LogP contribution in [0.3, 0.4) is 0 Å². The van der Waals surface area contributed by atoms with E-state index in [-0.39, 0.29) is 0 Å². The Hall–Kier alpha value is -0.0800. The highest BCUT2D eigenvalue weighted by atomic mass is 15.0. The van der Waals surface area contributed by atoms with E-state index in [4.69, 9.17) is 0 Å². The predicted octanol–water partition coefficient (Wildman–Crippen LogP) is 1.23. The molecule has 0 radical (unpaired) electrons. The Morgan fingerprint density at radius 3 is 2.75 bits per heavy atom. The lowest BCUT2D eigenvalue weighted by atomic mass is 10.0. The van der Waals surface area contributed by atoms with Crippen molar-refractivity contribution in [1.82, 2.24) is 10.6 Å². The normalized spacial score (nSPS) is 30.0. The molecule has 2 N–H and O–H groups in total. The summed E-state index contributed by atoms with van der Waals surface area (Å²) in [7, 11) is 0. The number of rotatable bonds is 4. The van der Waals surface area contributed by atoms with E-state index in [1.807, 2.05) is 0 Å². The molecule has 1 aliphatic rings. The zero-order chi connectivity index (χ0) is 8.97. The van der Waals surface area contributed by atoms with Gasteiger partial charge in [-0.1, -0.05) is 13.8 Å². The highest BCUT2D eigenvalue weighted by Gasteiger charge is 2.21. The van der Waals surface area contributed by atoms with E-state index < -0.39 is 0 Å². The number of nitrogens with one attached hydrogen (secondary N) is 2. The van der Waals surface area contributed by atoms with E-state index in [1.165, 1.54) is 19.5 Å². The van der Waals surface area contributed by atoms with Crippen molar-refractivity contribution >= 4 is 0 Å². The average molecular weight is 170 g/mol. The third-order valence-corrected chi connectivity index (χ3v) is 2.65. The summed E-state index contributed by atoms with van der Waals surface area (Å²) in [5.74, 6) is 1.62. The second-order valence-corrected chi connectivity index (χ2v) is 4.34. The van der Waals surface area contributed by atoms with E-state index in [1.54, 1.807) is 0 Å². The fourth-order valence-corrected chi connectivity index (χ4v) is 1.75. The maximum absolute atomic E-state index is 3.52. The van der Waals surface area contributed by atoms with E-state index in [0.717, 1.165) is 18.4 Å². The van der Waals surface area contributed by atoms with Crippen LogP contribution >= 0.6 is 0 Å². The summed E-state index contributed by atoms with van der Waals surface area (Å²) in [6, 6.07) is 0.713. The maximum Gasteiger partial charge on any atom is 0.00795 e. The molecule has 1 saturated heterocycles. The lowest BCUT2D eigenvalue weighted by molar-refractivity contribution is 0.422. The molecule has 0 saturated carbocycles. The van der Waals surface area contributed by atoms with Crippen molar-refractivity contribution in [1.29, 1.82) is 0 Å². The second-order valence-electron chi connectivity index (χ2n) is 4.34. The maximum atomic E-state index is 3.52. The van der Waals surface area contributed by atoms with Gasteiger partial charge in [0, 0.05) is 6.04 Å². The molecule has 1 rings (SSSR count). The van der Waals surface area contributed by atoms with Crippen LogP contribution in [0.25, 0.3) is 0 Å². The molecule has 0 spiro atoms. The molecule has 1 fully saturated rings. The standard InChI is InChI=1S/C10H22N2/c1-8(2)6-11-7-10-4-5-12-9(10)3/h8-12H,4-7H2,1-3H3. The first-order chi connectivity index (χ1) is 5.70. The summed E-state index contributed by atoms with van der Waals surface area (Å²) in [6.07, 6.45) is 1.34. The van der Waals surface area contributed by atoms with Crippen molar-refractivity contribution in [2.45, 2.75) is 33.2 Å². The number of hydrogen-bond donors (Lipinski definition) is 2. The smallest absolute Gasteiger partial charge is 0.00795 e. The largest absolute Gasteiger partial charge is 0.316 e. The van der Waals surface area contributed by atoms with Crippen molar-refractivity contribution in [3.05, 3.63) is 0 Å². The minimum absolute atomic E-state index is 0.713. The summed E-state index contributed by atoms with van der Waals surface area (Å²) >= 11 is 0. The molecule has 2 atom stereocenters. The molecule has 0 bridgehead atoms. The van der Waals surface area contributed by atoms with Crippen LogP contribution in [-0.4, -0.2) is 25.7 Å². The first kappa shape index (κ1) is 10.0. The monoisotopic (exact) mass is 170 g/mol. The van der Waals surface area contributed by atoms with Gasteiger partial charge >= 0.3 is 0 Å². The molecule has 0 amide bonds. The van der Waals surface area contributed by atoms with Crippen LogP contribution in [0.5, 0.6) is 0 Å². The van der Waals surface area contributed by atoms with Crippen molar-refractivity contribution in [2.75, 3.05) is 19.6 Å². The van der Waals surface area contributed by atoms with Gasteiger partial charge in [0.1, 0.15) is 0 Å². The van der Waals surface area contributed by atoms with Gasteiger partial charge in [0.2, 0.25) is 0 Å². The molecule has 0 aromatic carbocycles. The Morgan fingerprint density at radius 2 is 2.25 bits per heavy atom. The van der Waals surface area contributed by atoms with Crippen molar-refractivity contribution in [2.24, 2.45) is 11.8 Å². The third-order valence-electron chi connectivity index (χ3n) is 2.65. The van der Waals surface area contributed by atoms with Crippen molar-refractivity contribution in [3.8, 4) is 0 Å². The van der Waals surface area contributed by atoms with Crippen LogP contribution in [0.15, 0.2) is 0 Å². The molecule has 2 unspecified atom stereocenters. The zero-order valence-corrected chi connectivity index (χ0v) is 8.56. The van der Waals surface area contributed by atoms with E-state index in [2.05, 4.69) is 31.4 Å². The molecule has 0 aromatic rings. The van der Waals surface area contributed by atoms with Crippen LogP contribution in [0.2, 0.25) is 0 Å². The van der Waals surface area contributed by atoms with Gasteiger partial charge in [0.25, 0.3) is 0 Å². The number of hydrogen-bond acceptors (Lipinski definition) is 2. The first-order valence-electron chi connectivity index (χ1n) is 5.14. The van der Waals surface area contributed by atoms with Gasteiger partial charge in [-0.15, -0.1) is 0 Å². The topological polar surface area (TPSA) is 24.1 Å². The molecule has 2 nitrogen and oxygen atoms in total. The van der Waals surface area contributed by atoms with Gasteiger partial charge in [-0.3, -0.25) is 0 Å². The predicted molar refractivity (Wildman–Crippen MR) is 53.3 cm³/mol. The molecular formula is C10H22N2. The van der Waals surface area contributed by atoms with Crippen LogP contribution in [0.4, 0.5) is 0 Å². The van der Waals surface area contributed by atoms with E-state index in [0.29, 0.717) is 6.04 Å². The van der Waals surface area contributed by atoms with Crippen molar-refractivity contribution in [3.63, 3.8) is 0 Å². The van der Waals surface area contributed by atoms with Gasteiger partial charge in [-0.05, 0) is 44.8 Å². The Balaban J connectivity index is 2.06. The summed E-state index contributed by atoms with van der Waals surface area (Å²) in [5.41, 5.74) is 0. The lowest BCUT2D eigenvalue weighted by Gasteiger charge is -2.16. The van der Waals surface area contributed by atoms with Gasteiger partial charge < -0.3 is 10.6 Å². The fourth-order valence-electron chi connectivity index (χ4n) is 1.75. The zero-order valence-electron chi connectivity index (χ0n) is 8.56. The molecule has 0 aliphatic carbocycles. The fraction of sp³-hybridized carbons (Fsp3) is 1.00. The Morgan fingerprint density at radius 1 is 1.50 bits per heavy atom. The lowest BCUT2D eigenvalue weighted by Crippen LogP contribution is -2.32. The Bertz CT molecular complexity index is 123. The molecule has 72 valence electrons. The molecule has 1 heterocycles. The van der Waals surface area contributed by atoms with Gasteiger partial charge in [-0.2, -0.15) is 0 Å². The molecular weight excluding hydrogens is 148 g/mol. The van der Waals surface area contributed by atoms with E-state index in [9.17, 15) is 0 Å². The van der Waals surface area contributed by atoms with Gasteiger partial charge in [0.15, 0.2) is 0 Å². The van der Waals surface area contributed by atoms with E-state index >= 15 is 0 Å². The molecule has 2 heteroatoms. The first-order valence-corrected chi connectivity index (χ1v) is 5.14. The minimum Gasteiger partial charge on any atom is -0.316 e. The summed E-state index contributed by atoms with van der Waals surface area (Å²) in [4.78, 5) is 0. The van der Waals surface area contributed by atoms with Crippen molar-refractivity contribution < 1.29 is 0 Å². The second kappa shape index (κ2) is 4.83. The van der Waals surface area contributed by atoms with Crippen LogP contribution in [0, 0.1) is 11.8 Å². The molecule has 12 heavy (non-hydrogen) atoms. The average Bonchev–Trinajstić information content (AvgIpc) is 2.36. The van der Waals surface area contributed by atoms with Gasteiger partial charge in [0.05, 0.1) is 0 Å². The molecule has 1 aliphatic heterocycles. The Kier molecular flexibility index (Phi) is 4.02. The minimum atomic E-state index is 0.713. The molecule has 0 aromatic heterocycles.